The molecule has 1 aromatic carbocycles. The number of imide groups is 1. The quantitative estimate of drug-likeness (QED) is 0.512. The summed E-state index contributed by atoms with van der Waals surface area (Å²) in [6.45, 7) is 0. The predicted octanol–water partition coefficient (Wildman–Crippen LogP) is 3.52. The van der Waals surface area contributed by atoms with E-state index in [4.69, 9.17) is 17.3 Å². The first kappa shape index (κ1) is 16.0. The van der Waals surface area contributed by atoms with Gasteiger partial charge in [0, 0.05) is 5.02 Å². The zero-order chi connectivity index (χ0) is 16.7. The number of thiophene rings is 1. The molecule has 2 aromatic rings. The molecule has 1 atom stereocenters. The number of carbonyl (C=O) groups excluding carboxylic acids is 3. The van der Waals surface area contributed by atoms with Crippen LogP contribution in [0.1, 0.15) is 21.2 Å². The molecular formula is C15H11ClN2O3S2. The minimum absolute atomic E-state index is 0.312. The van der Waals surface area contributed by atoms with Gasteiger partial charge in [0.25, 0.3) is 5.91 Å². The van der Waals surface area contributed by atoms with E-state index in [1.54, 1.807) is 12.1 Å². The summed E-state index contributed by atoms with van der Waals surface area (Å²) in [6.07, 6.45) is 1.91. The number of rotatable bonds is 3. The molecule has 1 aliphatic rings. The molecule has 1 unspecified atom stereocenters. The van der Waals surface area contributed by atoms with Crippen molar-refractivity contribution in [3.8, 4) is 0 Å². The fourth-order valence-corrected chi connectivity index (χ4v) is 4.22. The summed E-state index contributed by atoms with van der Waals surface area (Å²) in [5, 5.41) is 0.386. The van der Waals surface area contributed by atoms with Gasteiger partial charge < -0.3 is 5.73 Å². The summed E-state index contributed by atoms with van der Waals surface area (Å²) in [5.41, 5.74) is 6.01. The number of nitrogens with two attached hydrogens (primary N) is 1. The van der Waals surface area contributed by atoms with Crippen LogP contribution in [-0.4, -0.2) is 24.0 Å². The number of benzene rings is 1. The number of thioether (sulfide) groups is 1. The summed E-state index contributed by atoms with van der Waals surface area (Å²) in [5.74, 6) is -2.09. The number of primary amides is 1. The molecule has 3 amide bonds. The maximum absolute atomic E-state index is 12.8. The van der Waals surface area contributed by atoms with Crippen molar-refractivity contribution >= 4 is 58.1 Å². The number of nitrogens with zero attached hydrogens (tertiary/aromatic N) is 1. The Morgan fingerprint density at radius 1 is 1.30 bits per heavy atom. The fourth-order valence-electron chi connectivity index (χ4n) is 2.53. The smallest absolute Gasteiger partial charge is 0.326 e. The van der Waals surface area contributed by atoms with Crippen LogP contribution in [-0.2, 0) is 4.79 Å². The number of carbonyl (C=O) groups is 3. The first-order valence-electron chi connectivity index (χ1n) is 6.55. The van der Waals surface area contributed by atoms with Gasteiger partial charge in [-0.1, -0.05) is 11.6 Å². The number of hydrogen-bond donors (Lipinski definition) is 1. The van der Waals surface area contributed by atoms with Gasteiger partial charge in [-0.25, -0.2) is 9.69 Å². The monoisotopic (exact) mass is 366 g/mol. The molecule has 1 aliphatic heterocycles. The molecule has 0 bridgehead atoms. The molecule has 0 spiro atoms. The molecular weight excluding hydrogens is 356 g/mol. The van der Waals surface area contributed by atoms with E-state index in [-0.39, 0.29) is 5.78 Å². The summed E-state index contributed by atoms with van der Waals surface area (Å²) in [4.78, 5) is 38.2. The Labute approximate surface area is 145 Å². The molecule has 0 saturated carbocycles. The van der Waals surface area contributed by atoms with Crippen LogP contribution in [0.5, 0.6) is 0 Å². The van der Waals surface area contributed by atoms with E-state index in [0.29, 0.717) is 21.2 Å². The van der Waals surface area contributed by atoms with E-state index < -0.39 is 17.9 Å². The number of halogens is 1. The molecule has 3 rings (SSSR count). The highest BCUT2D eigenvalue weighted by Gasteiger charge is 2.44. The number of hydrogen-bond acceptors (Lipinski definition) is 5. The molecule has 5 nitrogen and oxygen atoms in total. The highest BCUT2D eigenvalue weighted by Crippen LogP contribution is 2.41. The first-order chi connectivity index (χ1) is 10.9. The standard InChI is InChI=1S/C15H11ClN2O3S2/c1-22-11-5-4-10(23-11)13(19)12-8-6-7(16)2-3-9(8)18(14(12)20)15(17)21/h2-6,12H,1H3,(H2,17,21). The normalized spacial score (nSPS) is 16.5. The molecule has 8 heteroatoms. The lowest BCUT2D eigenvalue weighted by atomic mass is 9.95. The molecule has 1 aromatic heterocycles. The Morgan fingerprint density at radius 3 is 2.65 bits per heavy atom. The van der Waals surface area contributed by atoms with Crippen LogP contribution in [0.4, 0.5) is 10.5 Å². The highest BCUT2D eigenvalue weighted by molar-refractivity contribution is 8.00. The second-order valence-electron chi connectivity index (χ2n) is 4.84. The van der Waals surface area contributed by atoms with Crippen LogP contribution in [0.3, 0.4) is 0 Å². The highest BCUT2D eigenvalue weighted by atomic mass is 35.5. The number of fused-ring (bicyclic) bond motifs is 1. The molecule has 23 heavy (non-hydrogen) atoms. The first-order valence-corrected chi connectivity index (χ1v) is 8.97. The van der Waals surface area contributed by atoms with Crippen LogP contribution in [0, 0.1) is 0 Å². The number of Topliss-reactive ketones (excluding diaryl/α,β-unsaturated/α-hetero) is 1. The van der Waals surface area contributed by atoms with Crippen molar-refractivity contribution in [3.63, 3.8) is 0 Å². The third-order valence-corrected chi connectivity index (χ3v) is 5.93. The lowest BCUT2D eigenvalue weighted by Gasteiger charge is -2.12. The van der Waals surface area contributed by atoms with Crippen LogP contribution < -0.4 is 10.6 Å². The van der Waals surface area contributed by atoms with Crippen LogP contribution >= 0.6 is 34.7 Å². The van der Waals surface area contributed by atoms with Crippen molar-refractivity contribution in [2.45, 2.75) is 10.1 Å². The number of ketones is 1. The Hall–Kier alpha value is -1.83. The van der Waals surface area contributed by atoms with Crippen LogP contribution in [0.15, 0.2) is 34.5 Å². The van der Waals surface area contributed by atoms with Gasteiger partial charge in [0.1, 0.15) is 5.92 Å². The lowest BCUT2D eigenvalue weighted by Crippen LogP contribution is -2.40. The molecule has 118 valence electrons. The maximum Gasteiger partial charge on any atom is 0.326 e. The summed E-state index contributed by atoms with van der Waals surface area (Å²) in [6, 6.07) is 7.20. The zero-order valence-electron chi connectivity index (χ0n) is 11.9. The topological polar surface area (TPSA) is 80.5 Å². The second kappa shape index (κ2) is 5.99. The zero-order valence-corrected chi connectivity index (χ0v) is 14.3. The lowest BCUT2D eigenvalue weighted by molar-refractivity contribution is -0.117. The van der Waals surface area contributed by atoms with E-state index in [1.165, 1.54) is 35.2 Å². The van der Waals surface area contributed by atoms with Gasteiger partial charge >= 0.3 is 6.03 Å². The Kier molecular flexibility index (Phi) is 4.18. The van der Waals surface area contributed by atoms with Gasteiger partial charge in [0.2, 0.25) is 0 Å². The number of urea groups is 1. The summed E-state index contributed by atoms with van der Waals surface area (Å²) >= 11 is 8.81. The Balaban J connectivity index is 2.09. The third kappa shape index (κ3) is 2.65. The van der Waals surface area contributed by atoms with Crippen molar-refractivity contribution in [3.05, 3.63) is 45.8 Å². The number of anilines is 1. The molecule has 0 saturated heterocycles. The average molecular weight is 367 g/mol. The van der Waals surface area contributed by atoms with Crippen molar-refractivity contribution in [1.29, 1.82) is 0 Å². The SMILES string of the molecule is CSc1ccc(C(=O)C2C(=O)N(C(N)=O)c3ccc(Cl)cc32)s1. The number of amides is 3. The largest absolute Gasteiger partial charge is 0.351 e. The molecule has 0 radical (unpaired) electrons. The minimum atomic E-state index is -1.09. The second-order valence-corrected chi connectivity index (χ2v) is 7.46. The van der Waals surface area contributed by atoms with Gasteiger partial charge in [-0.2, -0.15) is 0 Å². The van der Waals surface area contributed by atoms with Gasteiger partial charge in [0.15, 0.2) is 5.78 Å². The van der Waals surface area contributed by atoms with Crippen molar-refractivity contribution in [2.75, 3.05) is 11.2 Å². The molecule has 2 heterocycles. The van der Waals surface area contributed by atoms with Crippen LogP contribution in [0.2, 0.25) is 5.02 Å². The van der Waals surface area contributed by atoms with Crippen molar-refractivity contribution in [2.24, 2.45) is 5.73 Å². The maximum atomic E-state index is 12.8. The van der Waals surface area contributed by atoms with Gasteiger partial charge in [0.05, 0.1) is 14.8 Å². The van der Waals surface area contributed by atoms with E-state index in [9.17, 15) is 14.4 Å². The van der Waals surface area contributed by atoms with E-state index in [1.807, 2.05) is 12.3 Å². The van der Waals surface area contributed by atoms with Gasteiger partial charge in [-0.05, 0) is 42.2 Å². The Morgan fingerprint density at radius 2 is 2.04 bits per heavy atom. The van der Waals surface area contributed by atoms with Gasteiger partial charge in [-0.3, -0.25) is 9.59 Å². The summed E-state index contributed by atoms with van der Waals surface area (Å²) in [7, 11) is 0. The Bertz CT molecular complexity index is 834. The van der Waals surface area contributed by atoms with Crippen molar-refractivity contribution in [1.82, 2.24) is 0 Å². The summed E-state index contributed by atoms with van der Waals surface area (Å²) < 4.78 is 0.969. The van der Waals surface area contributed by atoms with E-state index in [2.05, 4.69) is 0 Å². The van der Waals surface area contributed by atoms with Crippen molar-refractivity contribution < 1.29 is 14.4 Å². The van der Waals surface area contributed by atoms with E-state index in [0.717, 1.165) is 9.11 Å². The molecule has 0 fully saturated rings. The van der Waals surface area contributed by atoms with Gasteiger partial charge in [-0.15, -0.1) is 23.1 Å². The third-order valence-electron chi connectivity index (χ3n) is 3.52. The van der Waals surface area contributed by atoms with E-state index >= 15 is 0 Å². The average Bonchev–Trinajstić information content (AvgIpc) is 3.08. The molecule has 0 aliphatic carbocycles. The minimum Gasteiger partial charge on any atom is -0.351 e. The molecule has 2 N–H and O–H groups in total. The van der Waals surface area contributed by atoms with Crippen LogP contribution in [0.25, 0.3) is 0 Å². The predicted molar refractivity (Wildman–Crippen MR) is 91.7 cm³/mol. The fraction of sp³-hybridized carbons (Fsp3) is 0.133.